The van der Waals surface area contributed by atoms with Gasteiger partial charge in [-0.15, -0.1) is 0 Å². The number of nitrogens with one attached hydrogen (secondary N) is 1. The molecule has 0 radical (unpaired) electrons. The van der Waals surface area contributed by atoms with E-state index in [-0.39, 0.29) is 0 Å². The van der Waals surface area contributed by atoms with Gasteiger partial charge in [-0.25, -0.2) is 4.98 Å². The van der Waals surface area contributed by atoms with Crippen molar-refractivity contribution in [3.05, 3.63) is 78.0 Å². The molecule has 3 rings (SSSR count). The van der Waals surface area contributed by atoms with E-state index in [1.54, 1.807) is 6.21 Å². The number of pyridine rings is 1. The molecule has 0 spiro atoms. The number of rotatable bonds is 4. The van der Waals surface area contributed by atoms with E-state index >= 15 is 0 Å². The molecule has 0 aliphatic heterocycles. The van der Waals surface area contributed by atoms with Crippen LogP contribution < -0.4 is 5.43 Å². The number of para-hydroxylation sites is 1. The molecule has 3 nitrogen and oxygen atoms in total. The SMILES string of the molecule is S=C(Cc1ccccc1)N/N=C/c1ccc2ccccc2n1. The summed E-state index contributed by atoms with van der Waals surface area (Å²) in [4.78, 5) is 5.21. The number of hydrazone groups is 1. The molecule has 0 unspecified atom stereocenters. The Balaban J connectivity index is 1.62. The van der Waals surface area contributed by atoms with Gasteiger partial charge in [0, 0.05) is 11.8 Å². The van der Waals surface area contributed by atoms with Crippen molar-refractivity contribution < 1.29 is 0 Å². The molecule has 1 heterocycles. The maximum atomic E-state index is 5.28. The Morgan fingerprint density at radius 2 is 1.77 bits per heavy atom. The highest BCUT2D eigenvalue weighted by molar-refractivity contribution is 7.80. The van der Waals surface area contributed by atoms with E-state index in [9.17, 15) is 0 Å². The first-order chi connectivity index (χ1) is 10.8. The van der Waals surface area contributed by atoms with E-state index in [0.29, 0.717) is 11.4 Å². The summed E-state index contributed by atoms with van der Waals surface area (Å²) in [6, 6.07) is 22.1. The fraction of sp³-hybridized carbons (Fsp3) is 0.0556. The topological polar surface area (TPSA) is 37.3 Å². The van der Waals surface area contributed by atoms with Gasteiger partial charge in [0.05, 0.1) is 17.4 Å². The molecule has 0 fully saturated rings. The van der Waals surface area contributed by atoms with Crippen LogP contribution in [0.5, 0.6) is 0 Å². The average molecular weight is 305 g/mol. The Hall–Kier alpha value is -2.59. The standard InChI is InChI=1S/C18H15N3S/c22-18(12-14-6-2-1-3-7-14)21-19-13-16-11-10-15-8-4-5-9-17(15)20-16/h1-11,13H,12H2,(H,21,22)/b19-13+. The predicted octanol–water partition coefficient (Wildman–Crippen LogP) is 3.73. The van der Waals surface area contributed by atoms with Gasteiger partial charge in [-0.05, 0) is 17.7 Å². The van der Waals surface area contributed by atoms with Crippen LogP contribution in [-0.2, 0) is 6.42 Å². The molecule has 0 aliphatic carbocycles. The number of fused-ring (bicyclic) bond motifs is 1. The van der Waals surface area contributed by atoms with Gasteiger partial charge in [0.15, 0.2) is 0 Å². The van der Waals surface area contributed by atoms with Gasteiger partial charge in [-0.3, -0.25) is 5.43 Å². The van der Waals surface area contributed by atoms with E-state index in [2.05, 4.69) is 15.5 Å². The van der Waals surface area contributed by atoms with Crippen LogP contribution in [0.1, 0.15) is 11.3 Å². The summed E-state index contributed by atoms with van der Waals surface area (Å²) in [5.74, 6) is 0. The molecular formula is C18H15N3S. The van der Waals surface area contributed by atoms with E-state index in [0.717, 1.165) is 16.6 Å². The zero-order valence-corrected chi connectivity index (χ0v) is 12.8. The molecule has 0 saturated heterocycles. The van der Waals surface area contributed by atoms with Crippen molar-refractivity contribution in [2.75, 3.05) is 0 Å². The number of thiocarbonyl (C=S) groups is 1. The largest absolute Gasteiger partial charge is 0.271 e. The van der Waals surface area contributed by atoms with Gasteiger partial charge in [0.2, 0.25) is 0 Å². The van der Waals surface area contributed by atoms with Crippen molar-refractivity contribution in [3.63, 3.8) is 0 Å². The second kappa shape index (κ2) is 6.91. The number of benzene rings is 2. The van der Waals surface area contributed by atoms with Crippen LogP contribution >= 0.6 is 12.2 Å². The van der Waals surface area contributed by atoms with Gasteiger partial charge in [-0.2, -0.15) is 5.10 Å². The summed E-state index contributed by atoms with van der Waals surface area (Å²) < 4.78 is 0. The molecule has 0 bridgehead atoms. The second-order valence-corrected chi connectivity index (χ2v) is 5.38. The van der Waals surface area contributed by atoms with Crippen LogP contribution in [0.4, 0.5) is 0 Å². The third-order valence-corrected chi connectivity index (χ3v) is 3.45. The molecule has 0 amide bonds. The Kier molecular flexibility index (Phi) is 4.51. The van der Waals surface area contributed by atoms with Gasteiger partial charge < -0.3 is 0 Å². The summed E-state index contributed by atoms with van der Waals surface area (Å²) in [6.45, 7) is 0. The lowest BCUT2D eigenvalue weighted by atomic mass is 10.2. The van der Waals surface area contributed by atoms with Gasteiger partial charge in [0.25, 0.3) is 0 Å². The number of nitrogens with zero attached hydrogens (tertiary/aromatic N) is 2. The molecule has 1 N–H and O–H groups in total. The average Bonchev–Trinajstić information content (AvgIpc) is 2.55. The van der Waals surface area contributed by atoms with Crippen molar-refractivity contribution in [2.24, 2.45) is 5.10 Å². The lowest BCUT2D eigenvalue weighted by Crippen LogP contribution is -2.17. The molecule has 3 aromatic rings. The normalized spacial score (nSPS) is 10.9. The van der Waals surface area contributed by atoms with Gasteiger partial charge >= 0.3 is 0 Å². The van der Waals surface area contributed by atoms with Crippen LogP contribution in [0, 0.1) is 0 Å². The van der Waals surface area contributed by atoms with Crippen LogP contribution in [0.25, 0.3) is 10.9 Å². The Bertz CT molecular complexity index is 813. The smallest absolute Gasteiger partial charge is 0.100 e. The highest BCUT2D eigenvalue weighted by atomic mass is 32.1. The van der Waals surface area contributed by atoms with Crippen LogP contribution in [0.3, 0.4) is 0 Å². The first-order valence-electron chi connectivity index (χ1n) is 7.03. The van der Waals surface area contributed by atoms with Crippen LogP contribution in [0.2, 0.25) is 0 Å². The van der Waals surface area contributed by atoms with Crippen molar-refractivity contribution in [2.45, 2.75) is 6.42 Å². The maximum absolute atomic E-state index is 5.28. The first-order valence-corrected chi connectivity index (χ1v) is 7.44. The molecule has 22 heavy (non-hydrogen) atoms. The van der Waals surface area contributed by atoms with Gasteiger partial charge in [-0.1, -0.05) is 66.8 Å². The highest BCUT2D eigenvalue weighted by Crippen LogP contribution is 2.10. The molecule has 0 atom stereocenters. The van der Waals surface area contributed by atoms with Crippen LogP contribution in [0.15, 0.2) is 71.8 Å². The van der Waals surface area contributed by atoms with E-state index < -0.39 is 0 Å². The quantitative estimate of drug-likeness (QED) is 0.453. The third kappa shape index (κ3) is 3.74. The minimum Gasteiger partial charge on any atom is -0.271 e. The minimum absolute atomic E-state index is 0.679. The van der Waals surface area contributed by atoms with Crippen molar-refractivity contribution in [1.29, 1.82) is 0 Å². The molecule has 4 heteroatoms. The summed E-state index contributed by atoms with van der Waals surface area (Å²) in [6.07, 6.45) is 2.36. The fourth-order valence-corrected chi connectivity index (χ4v) is 2.36. The minimum atomic E-state index is 0.679. The fourth-order valence-electron chi connectivity index (χ4n) is 2.14. The molecule has 2 aromatic carbocycles. The Labute approximate surface area is 134 Å². The number of hydrogen-bond donors (Lipinski definition) is 1. The molecule has 0 saturated carbocycles. The molecule has 1 aromatic heterocycles. The molecule has 108 valence electrons. The molecular weight excluding hydrogens is 290 g/mol. The Morgan fingerprint density at radius 3 is 2.64 bits per heavy atom. The monoisotopic (exact) mass is 305 g/mol. The highest BCUT2D eigenvalue weighted by Gasteiger charge is 1.98. The number of hydrogen-bond acceptors (Lipinski definition) is 3. The van der Waals surface area contributed by atoms with Crippen molar-refractivity contribution in [3.8, 4) is 0 Å². The van der Waals surface area contributed by atoms with E-state index in [1.165, 1.54) is 5.56 Å². The predicted molar refractivity (Wildman–Crippen MR) is 95.2 cm³/mol. The maximum Gasteiger partial charge on any atom is 0.100 e. The van der Waals surface area contributed by atoms with Crippen LogP contribution in [-0.4, -0.2) is 16.2 Å². The number of aromatic nitrogens is 1. The first kappa shape index (κ1) is 14.4. The van der Waals surface area contributed by atoms with Gasteiger partial charge in [0.1, 0.15) is 4.99 Å². The van der Waals surface area contributed by atoms with Crippen molar-refractivity contribution >= 4 is 34.3 Å². The summed E-state index contributed by atoms with van der Waals surface area (Å²) >= 11 is 5.28. The Morgan fingerprint density at radius 1 is 1.00 bits per heavy atom. The summed E-state index contributed by atoms with van der Waals surface area (Å²) in [5.41, 5.74) is 5.81. The van der Waals surface area contributed by atoms with E-state index in [1.807, 2.05) is 66.7 Å². The third-order valence-electron chi connectivity index (χ3n) is 3.21. The summed E-state index contributed by atoms with van der Waals surface area (Å²) in [7, 11) is 0. The summed E-state index contributed by atoms with van der Waals surface area (Å²) in [5, 5.41) is 5.28. The second-order valence-electron chi connectivity index (χ2n) is 4.88. The molecule has 0 aliphatic rings. The van der Waals surface area contributed by atoms with E-state index in [4.69, 9.17) is 12.2 Å². The zero-order chi connectivity index (χ0) is 15.2. The van der Waals surface area contributed by atoms with Crippen molar-refractivity contribution in [1.82, 2.24) is 10.4 Å². The lowest BCUT2D eigenvalue weighted by Gasteiger charge is -2.03. The zero-order valence-electron chi connectivity index (χ0n) is 11.9. The lowest BCUT2D eigenvalue weighted by molar-refractivity contribution is 1.02.